The third-order valence-corrected chi connectivity index (χ3v) is 2.37. The van der Waals surface area contributed by atoms with Gasteiger partial charge in [0.1, 0.15) is 11.9 Å². The molecule has 17 heavy (non-hydrogen) atoms. The molecule has 1 aromatic rings. The van der Waals surface area contributed by atoms with Crippen LogP contribution >= 0.6 is 0 Å². The molecule has 1 unspecified atom stereocenters. The van der Waals surface area contributed by atoms with Crippen LogP contribution in [0.25, 0.3) is 0 Å². The molecule has 0 spiro atoms. The molecule has 0 aliphatic carbocycles. The molecule has 0 saturated heterocycles. The number of hydrogen-bond acceptors (Lipinski definition) is 3. The Morgan fingerprint density at radius 2 is 2.29 bits per heavy atom. The first-order valence-corrected chi connectivity index (χ1v) is 5.41. The Kier molecular flexibility index (Phi) is 5.06. The summed E-state index contributed by atoms with van der Waals surface area (Å²) in [5.41, 5.74) is 6.17. The molecule has 0 saturated carbocycles. The fourth-order valence-corrected chi connectivity index (χ4v) is 1.56. The van der Waals surface area contributed by atoms with Crippen molar-refractivity contribution in [3.8, 4) is 0 Å². The molecule has 0 heterocycles. The van der Waals surface area contributed by atoms with Crippen molar-refractivity contribution in [2.75, 3.05) is 25.2 Å². The van der Waals surface area contributed by atoms with Crippen LogP contribution in [0.15, 0.2) is 24.3 Å². The maximum atomic E-state index is 13.1. The second-order valence-corrected chi connectivity index (χ2v) is 3.62. The second-order valence-electron chi connectivity index (χ2n) is 3.62. The van der Waals surface area contributed by atoms with Gasteiger partial charge >= 0.3 is 0 Å². The number of likely N-dealkylation sites (N-methyl/N-ethyl adjacent to an activating group) is 1. The molecule has 0 aliphatic heterocycles. The minimum absolute atomic E-state index is 0.144. The van der Waals surface area contributed by atoms with E-state index in [1.54, 1.807) is 12.1 Å². The van der Waals surface area contributed by atoms with Gasteiger partial charge in [-0.3, -0.25) is 4.79 Å². The Bertz CT molecular complexity index is 385. The Morgan fingerprint density at radius 3 is 2.82 bits per heavy atom. The first-order valence-electron chi connectivity index (χ1n) is 5.41. The van der Waals surface area contributed by atoms with Crippen molar-refractivity contribution in [1.29, 1.82) is 0 Å². The minimum Gasteiger partial charge on any atom is -0.383 e. The maximum Gasteiger partial charge on any atom is 0.246 e. The molecule has 0 fully saturated rings. The third kappa shape index (κ3) is 3.51. The number of amides is 1. The molecule has 1 rings (SSSR count). The summed E-state index contributed by atoms with van der Waals surface area (Å²) in [5, 5.41) is 0. The topological polar surface area (TPSA) is 55.6 Å². The zero-order valence-corrected chi connectivity index (χ0v) is 10.0. The van der Waals surface area contributed by atoms with Crippen LogP contribution in [0.4, 0.5) is 10.1 Å². The van der Waals surface area contributed by atoms with Crippen LogP contribution in [0.5, 0.6) is 0 Å². The fourth-order valence-electron chi connectivity index (χ4n) is 1.56. The highest BCUT2D eigenvalue weighted by Gasteiger charge is 2.21. The summed E-state index contributed by atoms with van der Waals surface area (Å²) in [6.07, 6.45) is 0. The van der Waals surface area contributed by atoms with Crippen molar-refractivity contribution in [2.24, 2.45) is 5.73 Å². The summed E-state index contributed by atoms with van der Waals surface area (Å²) in [7, 11) is 1.48. The van der Waals surface area contributed by atoms with E-state index >= 15 is 0 Å². The average Bonchev–Trinajstić information content (AvgIpc) is 2.30. The van der Waals surface area contributed by atoms with Gasteiger partial charge in [-0.1, -0.05) is 6.07 Å². The van der Waals surface area contributed by atoms with Crippen molar-refractivity contribution in [3.05, 3.63) is 30.1 Å². The van der Waals surface area contributed by atoms with Gasteiger partial charge in [0.25, 0.3) is 0 Å². The van der Waals surface area contributed by atoms with Gasteiger partial charge in [0.2, 0.25) is 5.91 Å². The molecule has 0 bridgehead atoms. The number of carbonyl (C=O) groups is 1. The van der Waals surface area contributed by atoms with Gasteiger partial charge in [-0.2, -0.15) is 0 Å². The molecular formula is C12H17FN2O2. The van der Waals surface area contributed by atoms with E-state index < -0.39 is 6.04 Å². The number of methoxy groups -OCH3 is 1. The summed E-state index contributed by atoms with van der Waals surface area (Å²) >= 11 is 0. The smallest absolute Gasteiger partial charge is 0.246 e. The number of halogens is 1. The highest BCUT2D eigenvalue weighted by molar-refractivity contribution is 5.97. The lowest BCUT2D eigenvalue weighted by Gasteiger charge is -2.24. The lowest BCUT2D eigenvalue weighted by molar-refractivity contribution is -0.120. The number of carbonyl (C=O) groups excluding carboxylic acids is 1. The van der Waals surface area contributed by atoms with E-state index in [0.29, 0.717) is 12.2 Å². The molecule has 1 amide bonds. The summed E-state index contributed by atoms with van der Waals surface area (Å²) in [6, 6.07) is 5.13. The third-order valence-electron chi connectivity index (χ3n) is 2.37. The van der Waals surface area contributed by atoms with Crippen molar-refractivity contribution < 1.29 is 13.9 Å². The molecule has 2 N–H and O–H groups in total. The zero-order valence-electron chi connectivity index (χ0n) is 10.0. The van der Waals surface area contributed by atoms with Gasteiger partial charge in [0.05, 0.1) is 6.61 Å². The SMILES string of the molecule is CCN(C(=O)C(N)COC)c1cccc(F)c1. The van der Waals surface area contributed by atoms with E-state index in [1.165, 1.54) is 24.1 Å². The van der Waals surface area contributed by atoms with E-state index in [0.717, 1.165) is 0 Å². The first kappa shape index (κ1) is 13.6. The van der Waals surface area contributed by atoms with Crippen LogP contribution in [0.1, 0.15) is 6.92 Å². The summed E-state index contributed by atoms with van der Waals surface area (Å²) in [6.45, 7) is 2.38. The van der Waals surface area contributed by atoms with Crippen LogP contribution in [0.2, 0.25) is 0 Å². The Labute approximate surface area is 100 Å². The minimum atomic E-state index is -0.733. The van der Waals surface area contributed by atoms with Gasteiger partial charge < -0.3 is 15.4 Å². The van der Waals surface area contributed by atoms with Gasteiger partial charge in [0, 0.05) is 19.3 Å². The number of rotatable bonds is 5. The number of nitrogens with two attached hydrogens (primary N) is 1. The van der Waals surface area contributed by atoms with Gasteiger partial charge in [-0.15, -0.1) is 0 Å². The van der Waals surface area contributed by atoms with Crippen LogP contribution in [0.3, 0.4) is 0 Å². The van der Waals surface area contributed by atoms with Crippen molar-refractivity contribution in [3.63, 3.8) is 0 Å². The van der Waals surface area contributed by atoms with Crippen LogP contribution in [-0.2, 0) is 9.53 Å². The normalized spacial score (nSPS) is 12.2. The van der Waals surface area contributed by atoms with Crippen molar-refractivity contribution in [1.82, 2.24) is 0 Å². The quantitative estimate of drug-likeness (QED) is 0.840. The monoisotopic (exact) mass is 240 g/mol. The Balaban J connectivity index is 2.88. The van der Waals surface area contributed by atoms with Crippen LogP contribution in [0, 0.1) is 5.82 Å². The predicted octanol–water partition coefficient (Wildman–Crippen LogP) is 1.15. The molecule has 0 radical (unpaired) electrons. The summed E-state index contributed by atoms with van der Waals surface area (Å²) in [5.74, 6) is -0.658. The van der Waals surface area contributed by atoms with Gasteiger partial charge in [0.15, 0.2) is 0 Å². The molecule has 0 aromatic heterocycles. The standard InChI is InChI=1S/C12H17FN2O2/c1-3-15(12(16)11(14)8-17-2)10-6-4-5-9(13)7-10/h4-7,11H,3,8,14H2,1-2H3. The Hall–Kier alpha value is -1.46. The number of hydrogen-bond donors (Lipinski definition) is 1. The summed E-state index contributed by atoms with van der Waals surface area (Å²) < 4.78 is 17.9. The number of nitrogens with zero attached hydrogens (tertiary/aromatic N) is 1. The van der Waals surface area contributed by atoms with E-state index in [-0.39, 0.29) is 18.3 Å². The molecule has 1 atom stereocenters. The molecule has 4 nitrogen and oxygen atoms in total. The lowest BCUT2D eigenvalue weighted by Crippen LogP contribution is -2.46. The lowest BCUT2D eigenvalue weighted by atomic mass is 10.2. The molecule has 5 heteroatoms. The molecule has 0 aliphatic rings. The first-order chi connectivity index (χ1) is 8.10. The average molecular weight is 240 g/mol. The van der Waals surface area contributed by atoms with E-state index in [4.69, 9.17) is 10.5 Å². The zero-order chi connectivity index (χ0) is 12.8. The van der Waals surface area contributed by atoms with Crippen molar-refractivity contribution >= 4 is 11.6 Å². The van der Waals surface area contributed by atoms with E-state index in [1.807, 2.05) is 6.92 Å². The predicted molar refractivity (Wildman–Crippen MR) is 64.3 cm³/mol. The van der Waals surface area contributed by atoms with E-state index in [9.17, 15) is 9.18 Å². The largest absolute Gasteiger partial charge is 0.383 e. The number of benzene rings is 1. The summed E-state index contributed by atoms with van der Waals surface area (Å²) in [4.78, 5) is 13.4. The van der Waals surface area contributed by atoms with Gasteiger partial charge in [-0.05, 0) is 25.1 Å². The van der Waals surface area contributed by atoms with Crippen LogP contribution in [-0.4, -0.2) is 32.2 Å². The maximum absolute atomic E-state index is 13.1. The molecule has 1 aromatic carbocycles. The highest BCUT2D eigenvalue weighted by Crippen LogP contribution is 2.16. The number of anilines is 1. The number of ether oxygens (including phenoxy) is 1. The van der Waals surface area contributed by atoms with Crippen molar-refractivity contribution in [2.45, 2.75) is 13.0 Å². The molecule has 94 valence electrons. The highest BCUT2D eigenvalue weighted by atomic mass is 19.1. The molecular weight excluding hydrogens is 223 g/mol. The van der Waals surface area contributed by atoms with E-state index in [2.05, 4.69) is 0 Å². The fraction of sp³-hybridized carbons (Fsp3) is 0.417. The van der Waals surface area contributed by atoms with Crippen LogP contribution < -0.4 is 10.6 Å². The van der Waals surface area contributed by atoms with Gasteiger partial charge in [-0.25, -0.2) is 4.39 Å². The Morgan fingerprint density at radius 1 is 1.59 bits per heavy atom. The second kappa shape index (κ2) is 6.32.